The Morgan fingerprint density at radius 1 is 0.974 bits per heavy atom. The van der Waals surface area contributed by atoms with Crippen molar-refractivity contribution in [3.63, 3.8) is 0 Å². The van der Waals surface area contributed by atoms with E-state index in [1.165, 1.54) is 12.1 Å². The fraction of sp³-hybridized carbons (Fsp3) is 0.194. The fourth-order valence-electron chi connectivity index (χ4n) is 4.45. The number of hydrogen-bond donors (Lipinski definition) is 0. The van der Waals surface area contributed by atoms with Crippen LogP contribution in [0.1, 0.15) is 30.4 Å². The highest BCUT2D eigenvalue weighted by Gasteiger charge is 2.21. The molecule has 4 aromatic rings. The van der Waals surface area contributed by atoms with E-state index in [1.54, 1.807) is 27.8 Å². The standard InChI is InChI=1S/C31H27FN4O2/c32-27-13-9-23(10-14-27)22-38-29-15-11-24(12-16-29)30-26(21-36(34-30)28-7-3-1-4-8-28)19-25(20-33)31(37)35-17-5-2-6-18-35/h1,3-4,7-16,19,21H,2,5-6,17-18,22H2/b25-19+. The van der Waals surface area contributed by atoms with Crippen molar-refractivity contribution in [3.8, 4) is 28.8 Å². The van der Waals surface area contributed by atoms with E-state index in [1.807, 2.05) is 60.8 Å². The van der Waals surface area contributed by atoms with Gasteiger partial charge in [-0.15, -0.1) is 0 Å². The molecule has 0 saturated carbocycles. The summed E-state index contributed by atoms with van der Waals surface area (Å²) in [5.74, 6) is 0.140. The van der Waals surface area contributed by atoms with E-state index in [2.05, 4.69) is 6.07 Å². The average molecular weight is 507 g/mol. The number of carbonyl (C=O) groups is 1. The van der Waals surface area contributed by atoms with E-state index in [-0.39, 0.29) is 17.3 Å². The first-order valence-electron chi connectivity index (χ1n) is 12.6. The van der Waals surface area contributed by atoms with Gasteiger partial charge in [-0.1, -0.05) is 30.3 Å². The number of likely N-dealkylation sites (tertiary alicyclic amines) is 1. The summed E-state index contributed by atoms with van der Waals surface area (Å²) < 4.78 is 20.8. The minimum atomic E-state index is -0.282. The molecule has 0 bridgehead atoms. The summed E-state index contributed by atoms with van der Waals surface area (Å²) in [5.41, 5.74) is 3.98. The van der Waals surface area contributed by atoms with Gasteiger partial charge in [-0.2, -0.15) is 10.4 Å². The van der Waals surface area contributed by atoms with Gasteiger partial charge >= 0.3 is 0 Å². The van der Waals surface area contributed by atoms with Crippen molar-refractivity contribution >= 4 is 12.0 Å². The number of nitrogens with zero attached hydrogens (tertiary/aromatic N) is 4. The smallest absolute Gasteiger partial charge is 0.264 e. The number of ether oxygens (including phenoxy) is 1. The summed E-state index contributed by atoms with van der Waals surface area (Å²) in [5, 5.41) is 14.7. The fourth-order valence-corrected chi connectivity index (χ4v) is 4.45. The Kier molecular flexibility index (Phi) is 7.60. The second-order valence-electron chi connectivity index (χ2n) is 9.18. The highest BCUT2D eigenvalue weighted by Crippen LogP contribution is 2.28. The van der Waals surface area contributed by atoms with Crippen molar-refractivity contribution < 1.29 is 13.9 Å². The van der Waals surface area contributed by atoms with Crippen LogP contribution >= 0.6 is 0 Å². The summed E-state index contributed by atoms with van der Waals surface area (Å²) in [6, 6.07) is 25.5. The van der Waals surface area contributed by atoms with Crippen LogP contribution < -0.4 is 4.74 Å². The van der Waals surface area contributed by atoms with Crippen LogP contribution in [-0.2, 0) is 11.4 Å². The van der Waals surface area contributed by atoms with E-state index in [0.29, 0.717) is 36.7 Å². The highest BCUT2D eigenvalue weighted by atomic mass is 19.1. The molecular weight excluding hydrogens is 479 g/mol. The Hall–Kier alpha value is -4.70. The molecule has 6 nitrogen and oxygen atoms in total. The number of nitriles is 1. The molecule has 3 aromatic carbocycles. The third kappa shape index (κ3) is 5.81. The van der Waals surface area contributed by atoms with Gasteiger partial charge in [0, 0.05) is 30.4 Å². The summed E-state index contributed by atoms with van der Waals surface area (Å²) in [6.45, 7) is 1.67. The van der Waals surface area contributed by atoms with Crippen molar-refractivity contribution in [2.75, 3.05) is 13.1 Å². The number of piperidine rings is 1. The lowest BCUT2D eigenvalue weighted by Crippen LogP contribution is -2.36. The third-order valence-electron chi connectivity index (χ3n) is 6.50. The second kappa shape index (κ2) is 11.6. The highest BCUT2D eigenvalue weighted by molar-refractivity contribution is 6.02. The second-order valence-corrected chi connectivity index (χ2v) is 9.18. The normalized spacial score (nSPS) is 13.7. The van der Waals surface area contributed by atoms with Gasteiger partial charge in [0.2, 0.25) is 0 Å². The molecule has 1 fully saturated rings. The van der Waals surface area contributed by atoms with E-state index < -0.39 is 0 Å². The van der Waals surface area contributed by atoms with Crippen LogP contribution in [0.3, 0.4) is 0 Å². The molecule has 0 N–H and O–H groups in total. The molecule has 0 atom stereocenters. The largest absolute Gasteiger partial charge is 0.489 e. The molecule has 1 aliphatic heterocycles. The van der Waals surface area contributed by atoms with Gasteiger partial charge in [0.25, 0.3) is 5.91 Å². The number of halogens is 1. The number of hydrogen-bond acceptors (Lipinski definition) is 4. The lowest BCUT2D eigenvalue weighted by Gasteiger charge is -2.26. The maximum atomic E-state index is 13.1. The molecule has 38 heavy (non-hydrogen) atoms. The summed E-state index contributed by atoms with van der Waals surface area (Å²) in [7, 11) is 0. The molecule has 5 rings (SSSR count). The predicted molar refractivity (Wildman–Crippen MR) is 144 cm³/mol. The molecule has 0 spiro atoms. The van der Waals surface area contributed by atoms with Crippen LogP contribution in [0, 0.1) is 17.1 Å². The van der Waals surface area contributed by atoms with E-state index >= 15 is 0 Å². The Bertz CT molecular complexity index is 1460. The predicted octanol–water partition coefficient (Wildman–Crippen LogP) is 6.18. The number of amides is 1. The van der Waals surface area contributed by atoms with Gasteiger partial charge < -0.3 is 9.64 Å². The quantitative estimate of drug-likeness (QED) is 0.222. The molecule has 0 radical (unpaired) electrons. The lowest BCUT2D eigenvalue weighted by molar-refractivity contribution is -0.127. The van der Waals surface area contributed by atoms with E-state index in [0.717, 1.165) is 36.1 Å². The molecule has 7 heteroatoms. The maximum Gasteiger partial charge on any atom is 0.264 e. The monoisotopic (exact) mass is 506 g/mol. The molecule has 1 amide bonds. The van der Waals surface area contributed by atoms with Gasteiger partial charge in [0.05, 0.1) is 11.4 Å². The maximum absolute atomic E-state index is 13.1. The first-order chi connectivity index (χ1) is 18.6. The molecule has 0 unspecified atom stereocenters. The zero-order valence-corrected chi connectivity index (χ0v) is 20.9. The lowest BCUT2D eigenvalue weighted by atomic mass is 10.0. The molecule has 1 aromatic heterocycles. The number of aromatic nitrogens is 2. The first kappa shape index (κ1) is 25.0. The van der Waals surface area contributed by atoms with Gasteiger partial charge in [0.15, 0.2) is 0 Å². The number of para-hydroxylation sites is 1. The zero-order chi connectivity index (χ0) is 26.3. The number of rotatable bonds is 7. The van der Waals surface area contributed by atoms with E-state index in [9.17, 15) is 14.4 Å². The number of carbonyl (C=O) groups excluding carboxylic acids is 1. The van der Waals surface area contributed by atoms with Crippen LogP contribution in [0.4, 0.5) is 4.39 Å². The molecule has 2 heterocycles. The van der Waals surface area contributed by atoms with Crippen LogP contribution in [-0.4, -0.2) is 33.7 Å². The van der Waals surface area contributed by atoms with E-state index in [4.69, 9.17) is 9.84 Å². The Labute approximate surface area is 221 Å². The summed E-state index contributed by atoms with van der Waals surface area (Å²) in [4.78, 5) is 14.8. The van der Waals surface area contributed by atoms with Gasteiger partial charge in [-0.3, -0.25) is 4.79 Å². The molecule has 1 aliphatic rings. The van der Waals surface area contributed by atoms with Crippen LogP contribution in [0.15, 0.2) is 90.6 Å². The number of benzene rings is 3. The molecule has 0 aliphatic carbocycles. The Morgan fingerprint density at radius 2 is 1.68 bits per heavy atom. The zero-order valence-electron chi connectivity index (χ0n) is 20.9. The van der Waals surface area contributed by atoms with Gasteiger partial charge in [0.1, 0.15) is 29.8 Å². The Morgan fingerprint density at radius 3 is 2.37 bits per heavy atom. The minimum Gasteiger partial charge on any atom is -0.489 e. The average Bonchev–Trinajstić information content (AvgIpc) is 3.40. The van der Waals surface area contributed by atoms with Crippen molar-refractivity contribution in [2.24, 2.45) is 0 Å². The Balaban J connectivity index is 1.44. The van der Waals surface area contributed by atoms with Crippen LogP contribution in [0.2, 0.25) is 0 Å². The first-order valence-corrected chi connectivity index (χ1v) is 12.6. The van der Waals surface area contributed by atoms with Crippen molar-refractivity contribution in [1.29, 1.82) is 5.26 Å². The molecular formula is C31H27FN4O2. The van der Waals surface area contributed by atoms with Crippen molar-refractivity contribution in [3.05, 3.63) is 108 Å². The summed E-state index contributed by atoms with van der Waals surface area (Å²) in [6.07, 6.45) is 6.49. The summed E-state index contributed by atoms with van der Waals surface area (Å²) >= 11 is 0. The van der Waals surface area contributed by atoms with Crippen molar-refractivity contribution in [2.45, 2.75) is 25.9 Å². The van der Waals surface area contributed by atoms with Crippen LogP contribution in [0.5, 0.6) is 5.75 Å². The minimum absolute atomic E-state index is 0.0972. The van der Waals surface area contributed by atoms with Gasteiger partial charge in [-0.25, -0.2) is 9.07 Å². The third-order valence-corrected chi connectivity index (χ3v) is 6.50. The van der Waals surface area contributed by atoms with Crippen molar-refractivity contribution in [1.82, 2.24) is 14.7 Å². The van der Waals surface area contributed by atoms with Crippen LogP contribution in [0.25, 0.3) is 23.0 Å². The SMILES string of the molecule is N#C/C(=C\c1cn(-c2ccccc2)nc1-c1ccc(OCc2ccc(F)cc2)cc1)C(=O)N1CCCCC1. The van der Waals surface area contributed by atoms with Gasteiger partial charge in [-0.05, 0) is 79.4 Å². The topological polar surface area (TPSA) is 71.1 Å². The molecule has 1 saturated heterocycles. The molecule has 190 valence electrons.